The number of nitrogens with zero attached hydrogens (tertiary/aromatic N) is 2. The Morgan fingerprint density at radius 1 is 1.28 bits per heavy atom. The van der Waals surface area contributed by atoms with Gasteiger partial charge in [0, 0.05) is 12.1 Å². The molecule has 1 aromatic heterocycles. The summed E-state index contributed by atoms with van der Waals surface area (Å²) < 4.78 is 1.90. The Hall–Kier alpha value is -1.52. The monoisotopic (exact) mass is 250 g/mol. The first-order valence-corrected chi connectivity index (χ1v) is 6.37. The summed E-state index contributed by atoms with van der Waals surface area (Å²) in [5, 5.41) is 10.9. The molecule has 18 heavy (non-hydrogen) atoms. The number of fused-ring (bicyclic) bond motifs is 1. The predicted octanol–water partition coefficient (Wildman–Crippen LogP) is 2.38. The highest BCUT2D eigenvalue weighted by Gasteiger charge is 2.46. The van der Waals surface area contributed by atoms with Gasteiger partial charge in [0.25, 0.3) is 0 Å². The minimum absolute atomic E-state index is 0.0255. The molecule has 0 bridgehead atoms. The van der Waals surface area contributed by atoms with E-state index < -0.39 is 5.41 Å². The van der Waals surface area contributed by atoms with Gasteiger partial charge in [-0.05, 0) is 41.5 Å². The number of aromatic nitrogens is 2. The molecule has 0 saturated carbocycles. The molecule has 0 atom stereocenters. The molecule has 100 valence electrons. The van der Waals surface area contributed by atoms with E-state index in [2.05, 4.69) is 15.7 Å². The number of rotatable bonds is 1. The van der Waals surface area contributed by atoms with Gasteiger partial charge >= 0.3 is 0 Å². The number of nitrogens with one attached hydrogen (secondary N) is 2. The van der Waals surface area contributed by atoms with Crippen LogP contribution in [0.25, 0.3) is 0 Å². The predicted molar refractivity (Wildman–Crippen MR) is 72.8 cm³/mol. The van der Waals surface area contributed by atoms with Crippen molar-refractivity contribution in [2.45, 2.75) is 53.6 Å². The van der Waals surface area contributed by atoms with Crippen molar-refractivity contribution in [3.05, 3.63) is 5.69 Å². The lowest BCUT2D eigenvalue weighted by Crippen LogP contribution is -2.51. The highest BCUT2D eigenvalue weighted by molar-refractivity contribution is 6.00. The van der Waals surface area contributed by atoms with Crippen molar-refractivity contribution >= 4 is 17.4 Å². The van der Waals surface area contributed by atoms with Gasteiger partial charge in [-0.1, -0.05) is 0 Å². The van der Waals surface area contributed by atoms with Crippen LogP contribution in [0, 0.1) is 12.3 Å². The highest BCUT2D eigenvalue weighted by Crippen LogP contribution is 2.41. The molecule has 0 aromatic carbocycles. The Kier molecular flexibility index (Phi) is 2.68. The molecule has 1 amide bonds. The van der Waals surface area contributed by atoms with Crippen molar-refractivity contribution in [3.8, 4) is 0 Å². The molecular formula is C13H22N4O. The van der Waals surface area contributed by atoms with Gasteiger partial charge in [-0.15, -0.1) is 0 Å². The molecule has 0 fully saturated rings. The van der Waals surface area contributed by atoms with Crippen molar-refractivity contribution in [1.29, 1.82) is 0 Å². The second kappa shape index (κ2) is 3.73. The highest BCUT2D eigenvalue weighted by atomic mass is 16.2. The smallest absolute Gasteiger partial charge is 0.232 e. The molecule has 0 radical (unpaired) electrons. The molecule has 2 heterocycles. The first-order chi connectivity index (χ1) is 8.20. The molecule has 0 unspecified atom stereocenters. The maximum absolute atomic E-state index is 12.4. The zero-order valence-electron chi connectivity index (χ0n) is 12.0. The second-order valence-corrected chi connectivity index (χ2v) is 5.95. The molecule has 1 aliphatic heterocycles. The minimum Gasteiger partial charge on any atom is -0.363 e. The number of carbonyl (C=O) groups excluding carboxylic acids is 1. The standard InChI is InChI=1S/C13H22N4O/c1-7-17-10-9(8(2)16-17)14-11(18)12(3,4)13(5,6)15-10/h15H,7H2,1-6H3,(H,14,18). The van der Waals surface area contributed by atoms with Crippen molar-refractivity contribution in [2.75, 3.05) is 10.6 Å². The summed E-state index contributed by atoms with van der Waals surface area (Å²) in [7, 11) is 0. The van der Waals surface area contributed by atoms with Crippen LogP contribution in [-0.2, 0) is 11.3 Å². The Labute approximate surface area is 108 Å². The van der Waals surface area contributed by atoms with E-state index >= 15 is 0 Å². The van der Waals surface area contributed by atoms with Gasteiger partial charge in [-0.25, -0.2) is 4.68 Å². The first-order valence-electron chi connectivity index (χ1n) is 6.37. The lowest BCUT2D eigenvalue weighted by atomic mass is 9.74. The molecule has 2 rings (SSSR count). The summed E-state index contributed by atoms with van der Waals surface area (Å²) in [5.41, 5.74) is 0.806. The van der Waals surface area contributed by atoms with Crippen LogP contribution in [0.5, 0.6) is 0 Å². The van der Waals surface area contributed by atoms with Gasteiger partial charge in [0.15, 0.2) is 0 Å². The molecule has 1 aliphatic rings. The quantitative estimate of drug-likeness (QED) is 0.804. The Morgan fingerprint density at radius 3 is 2.44 bits per heavy atom. The maximum atomic E-state index is 12.4. The number of hydrogen-bond acceptors (Lipinski definition) is 3. The fourth-order valence-corrected chi connectivity index (χ4v) is 2.09. The summed E-state index contributed by atoms with van der Waals surface area (Å²) in [6, 6.07) is 0. The van der Waals surface area contributed by atoms with E-state index in [4.69, 9.17) is 0 Å². The van der Waals surface area contributed by atoms with E-state index in [-0.39, 0.29) is 11.4 Å². The van der Waals surface area contributed by atoms with E-state index in [1.165, 1.54) is 0 Å². The van der Waals surface area contributed by atoms with Crippen LogP contribution < -0.4 is 10.6 Å². The van der Waals surface area contributed by atoms with Gasteiger partial charge in [0.05, 0.1) is 11.1 Å². The van der Waals surface area contributed by atoms with E-state index in [0.29, 0.717) is 0 Å². The zero-order chi connectivity index (χ0) is 13.7. The number of hydrogen-bond donors (Lipinski definition) is 2. The van der Waals surface area contributed by atoms with Crippen molar-refractivity contribution in [3.63, 3.8) is 0 Å². The van der Waals surface area contributed by atoms with Crippen LogP contribution in [0.4, 0.5) is 11.5 Å². The number of aryl methyl sites for hydroxylation is 2. The lowest BCUT2D eigenvalue weighted by Gasteiger charge is -2.39. The summed E-state index contributed by atoms with van der Waals surface area (Å²) in [4.78, 5) is 12.4. The van der Waals surface area contributed by atoms with E-state index in [0.717, 1.165) is 23.7 Å². The third-order valence-corrected chi connectivity index (χ3v) is 4.23. The minimum atomic E-state index is -0.503. The molecule has 2 N–H and O–H groups in total. The lowest BCUT2D eigenvalue weighted by molar-refractivity contribution is -0.126. The van der Waals surface area contributed by atoms with Crippen molar-refractivity contribution in [2.24, 2.45) is 5.41 Å². The fraction of sp³-hybridized carbons (Fsp3) is 0.692. The van der Waals surface area contributed by atoms with E-state index in [1.807, 2.05) is 46.2 Å². The van der Waals surface area contributed by atoms with Gasteiger partial charge in [-0.2, -0.15) is 5.10 Å². The molecule has 5 nitrogen and oxygen atoms in total. The van der Waals surface area contributed by atoms with E-state index in [9.17, 15) is 4.79 Å². The molecule has 0 saturated heterocycles. The zero-order valence-corrected chi connectivity index (χ0v) is 12.0. The largest absolute Gasteiger partial charge is 0.363 e. The molecule has 5 heteroatoms. The Bertz CT molecular complexity index is 499. The maximum Gasteiger partial charge on any atom is 0.232 e. The average Bonchev–Trinajstić information content (AvgIpc) is 2.52. The van der Waals surface area contributed by atoms with Crippen LogP contribution in [0.15, 0.2) is 0 Å². The summed E-state index contributed by atoms with van der Waals surface area (Å²) >= 11 is 0. The fourth-order valence-electron chi connectivity index (χ4n) is 2.09. The van der Waals surface area contributed by atoms with Crippen LogP contribution in [0.3, 0.4) is 0 Å². The summed E-state index contributed by atoms with van der Waals surface area (Å²) in [6.45, 7) is 12.7. The second-order valence-electron chi connectivity index (χ2n) is 5.95. The molecule has 0 aliphatic carbocycles. The van der Waals surface area contributed by atoms with Crippen molar-refractivity contribution < 1.29 is 4.79 Å². The third kappa shape index (κ3) is 1.61. The number of carbonyl (C=O) groups is 1. The SMILES string of the molecule is CCn1nc(C)c2c1NC(C)(C)C(C)(C)C(=O)N2. The topological polar surface area (TPSA) is 59.0 Å². The number of anilines is 2. The van der Waals surface area contributed by atoms with Crippen LogP contribution >= 0.6 is 0 Å². The van der Waals surface area contributed by atoms with Gasteiger partial charge < -0.3 is 10.6 Å². The molecule has 0 spiro atoms. The average molecular weight is 250 g/mol. The van der Waals surface area contributed by atoms with Gasteiger partial charge in [0.1, 0.15) is 11.5 Å². The Morgan fingerprint density at radius 2 is 1.89 bits per heavy atom. The Balaban J connectivity index is 2.60. The van der Waals surface area contributed by atoms with Crippen LogP contribution in [0.2, 0.25) is 0 Å². The van der Waals surface area contributed by atoms with E-state index in [1.54, 1.807) is 0 Å². The van der Waals surface area contributed by atoms with Gasteiger partial charge in [0.2, 0.25) is 5.91 Å². The normalized spacial score (nSPS) is 20.7. The first kappa shape index (κ1) is 12.9. The number of amides is 1. The molecule has 1 aromatic rings. The van der Waals surface area contributed by atoms with Gasteiger partial charge in [-0.3, -0.25) is 4.79 Å². The summed E-state index contributed by atoms with van der Waals surface area (Å²) in [6.07, 6.45) is 0. The van der Waals surface area contributed by atoms with Crippen LogP contribution in [0.1, 0.15) is 40.3 Å². The third-order valence-electron chi connectivity index (χ3n) is 4.23. The van der Waals surface area contributed by atoms with Crippen LogP contribution in [-0.4, -0.2) is 21.2 Å². The van der Waals surface area contributed by atoms with Crippen molar-refractivity contribution in [1.82, 2.24) is 9.78 Å². The molecular weight excluding hydrogens is 228 g/mol. The summed E-state index contributed by atoms with van der Waals surface area (Å²) in [5.74, 6) is 0.927.